The fourth-order valence-corrected chi connectivity index (χ4v) is 3.34. The van der Waals surface area contributed by atoms with Gasteiger partial charge in [0.05, 0.1) is 5.69 Å². The average Bonchev–Trinajstić information content (AvgIpc) is 2.82. The highest BCUT2D eigenvalue weighted by Gasteiger charge is 2.25. The van der Waals surface area contributed by atoms with Gasteiger partial charge >= 0.3 is 0 Å². The molecular formula is C13H20N2O2S. The van der Waals surface area contributed by atoms with Crippen LogP contribution >= 0.6 is 11.3 Å². The molecule has 5 heteroatoms. The Morgan fingerprint density at radius 1 is 1.44 bits per heavy atom. The molecule has 1 heterocycles. The molecule has 0 radical (unpaired) electrons. The van der Waals surface area contributed by atoms with Crippen LogP contribution in [0, 0.1) is 11.8 Å². The number of nitrogen functional groups attached to an aromatic ring is 1. The first-order chi connectivity index (χ1) is 8.72. The van der Waals surface area contributed by atoms with Crippen LogP contribution in [-0.4, -0.2) is 24.2 Å². The third kappa shape index (κ3) is 3.03. The number of thiophene rings is 1. The highest BCUT2D eigenvalue weighted by Crippen LogP contribution is 2.29. The third-order valence-corrected chi connectivity index (χ3v) is 4.66. The van der Waals surface area contributed by atoms with Gasteiger partial charge in [-0.05, 0) is 36.1 Å². The number of amides is 1. The van der Waals surface area contributed by atoms with Gasteiger partial charge in [0, 0.05) is 13.2 Å². The van der Waals surface area contributed by atoms with Gasteiger partial charge in [-0.2, -0.15) is 0 Å². The Hall–Kier alpha value is -1.07. The summed E-state index contributed by atoms with van der Waals surface area (Å²) in [5, 5.41) is 14.1. The summed E-state index contributed by atoms with van der Waals surface area (Å²) in [4.78, 5) is 12.5. The SMILES string of the molecule is Nc1ccsc1C(=O)NCC1CCCCC1CO. The maximum Gasteiger partial charge on any atom is 0.263 e. The quantitative estimate of drug-likeness (QED) is 0.780. The van der Waals surface area contributed by atoms with E-state index in [9.17, 15) is 9.90 Å². The molecule has 18 heavy (non-hydrogen) atoms. The molecule has 0 aliphatic heterocycles. The number of nitrogens with one attached hydrogen (secondary N) is 1. The number of anilines is 1. The lowest BCUT2D eigenvalue weighted by Crippen LogP contribution is -2.35. The van der Waals surface area contributed by atoms with Gasteiger partial charge in [-0.25, -0.2) is 0 Å². The zero-order valence-electron chi connectivity index (χ0n) is 10.4. The Balaban J connectivity index is 1.87. The Labute approximate surface area is 111 Å². The van der Waals surface area contributed by atoms with Crippen molar-refractivity contribution in [3.63, 3.8) is 0 Å². The van der Waals surface area contributed by atoms with Gasteiger partial charge in [0.2, 0.25) is 0 Å². The maximum atomic E-state index is 11.9. The van der Waals surface area contributed by atoms with Crippen LogP contribution in [0.25, 0.3) is 0 Å². The van der Waals surface area contributed by atoms with Gasteiger partial charge in [-0.1, -0.05) is 12.8 Å². The van der Waals surface area contributed by atoms with E-state index in [-0.39, 0.29) is 12.5 Å². The Kier molecular flexibility index (Phi) is 4.60. The lowest BCUT2D eigenvalue weighted by molar-refractivity contribution is 0.0914. The Bertz CT molecular complexity index is 405. The normalized spacial score (nSPS) is 23.8. The van der Waals surface area contributed by atoms with Crippen molar-refractivity contribution in [2.45, 2.75) is 25.7 Å². The van der Waals surface area contributed by atoms with Crippen molar-refractivity contribution in [2.75, 3.05) is 18.9 Å². The van der Waals surface area contributed by atoms with Crippen molar-refractivity contribution in [2.24, 2.45) is 11.8 Å². The third-order valence-electron chi connectivity index (χ3n) is 3.73. The van der Waals surface area contributed by atoms with Crippen LogP contribution in [0.4, 0.5) is 5.69 Å². The summed E-state index contributed by atoms with van der Waals surface area (Å²) in [5.41, 5.74) is 6.25. The van der Waals surface area contributed by atoms with E-state index in [0.717, 1.165) is 12.8 Å². The van der Waals surface area contributed by atoms with Gasteiger partial charge in [0.15, 0.2) is 0 Å². The number of aliphatic hydroxyl groups excluding tert-OH is 1. The van der Waals surface area contributed by atoms with Gasteiger partial charge < -0.3 is 16.2 Å². The van der Waals surface area contributed by atoms with Crippen LogP contribution in [0.1, 0.15) is 35.4 Å². The van der Waals surface area contributed by atoms with Crippen molar-refractivity contribution in [1.82, 2.24) is 5.32 Å². The predicted octanol–water partition coefficient (Wildman–Crippen LogP) is 1.86. The molecule has 1 fully saturated rings. The zero-order chi connectivity index (χ0) is 13.0. The fraction of sp³-hybridized carbons (Fsp3) is 0.615. The average molecular weight is 268 g/mol. The molecule has 4 N–H and O–H groups in total. The summed E-state index contributed by atoms with van der Waals surface area (Å²) in [5.74, 6) is 0.637. The minimum absolute atomic E-state index is 0.0928. The number of nitrogens with two attached hydrogens (primary N) is 1. The molecule has 100 valence electrons. The minimum Gasteiger partial charge on any atom is -0.397 e. The summed E-state index contributed by atoms with van der Waals surface area (Å²) >= 11 is 1.36. The zero-order valence-corrected chi connectivity index (χ0v) is 11.2. The van der Waals surface area contributed by atoms with Crippen LogP contribution in [0.3, 0.4) is 0 Å². The Morgan fingerprint density at radius 2 is 2.17 bits per heavy atom. The van der Waals surface area contributed by atoms with E-state index in [4.69, 9.17) is 5.73 Å². The number of hydrogen-bond acceptors (Lipinski definition) is 4. The topological polar surface area (TPSA) is 75.4 Å². The van der Waals surface area contributed by atoms with Crippen molar-refractivity contribution >= 4 is 22.9 Å². The molecular weight excluding hydrogens is 248 g/mol. The van der Waals surface area contributed by atoms with Crippen molar-refractivity contribution in [3.05, 3.63) is 16.3 Å². The molecule has 1 aromatic rings. The molecule has 0 saturated heterocycles. The molecule has 0 aromatic carbocycles. The molecule has 1 aromatic heterocycles. The van der Waals surface area contributed by atoms with E-state index in [2.05, 4.69) is 5.32 Å². The summed E-state index contributed by atoms with van der Waals surface area (Å²) in [6, 6.07) is 1.75. The highest BCUT2D eigenvalue weighted by molar-refractivity contribution is 7.12. The lowest BCUT2D eigenvalue weighted by Gasteiger charge is -2.30. The monoisotopic (exact) mass is 268 g/mol. The van der Waals surface area contributed by atoms with E-state index in [0.29, 0.717) is 28.9 Å². The van der Waals surface area contributed by atoms with E-state index in [1.165, 1.54) is 24.2 Å². The van der Waals surface area contributed by atoms with E-state index < -0.39 is 0 Å². The van der Waals surface area contributed by atoms with Crippen LogP contribution in [0.15, 0.2) is 11.4 Å². The van der Waals surface area contributed by atoms with Crippen molar-refractivity contribution in [3.8, 4) is 0 Å². The van der Waals surface area contributed by atoms with Crippen LogP contribution in [-0.2, 0) is 0 Å². The molecule has 4 nitrogen and oxygen atoms in total. The second kappa shape index (κ2) is 6.20. The Morgan fingerprint density at radius 3 is 2.78 bits per heavy atom. The summed E-state index contributed by atoms with van der Waals surface area (Å²) in [7, 11) is 0. The van der Waals surface area contributed by atoms with Gasteiger partial charge in [0.25, 0.3) is 5.91 Å². The molecule has 1 aliphatic rings. The largest absolute Gasteiger partial charge is 0.397 e. The van der Waals surface area contributed by atoms with Crippen LogP contribution in [0.5, 0.6) is 0 Å². The van der Waals surface area contributed by atoms with E-state index >= 15 is 0 Å². The predicted molar refractivity (Wildman–Crippen MR) is 73.6 cm³/mol. The molecule has 2 unspecified atom stereocenters. The number of carbonyl (C=O) groups is 1. The first-order valence-corrected chi connectivity index (χ1v) is 7.32. The number of rotatable bonds is 4. The molecule has 1 saturated carbocycles. The maximum absolute atomic E-state index is 11.9. The molecule has 2 rings (SSSR count). The summed E-state index contributed by atoms with van der Waals surface area (Å²) in [6.07, 6.45) is 4.54. The smallest absolute Gasteiger partial charge is 0.263 e. The minimum atomic E-state index is -0.0928. The number of aliphatic hydroxyl groups is 1. The van der Waals surface area contributed by atoms with Crippen molar-refractivity contribution < 1.29 is 9.90 Å². The van der Waals surface area contributed by atoms with Gasteiger partial charge in [-0.3, -0.25) is 4.79 Å². The molecule has 0 spiro atoms. The fourth-order valence-electron chi connectivity index (χ4n) is 2.60. The first kappa shape index (κ1) is 13.4. The van der Waals surface area contributed by atoms with Crippen LogP contribution in [0.2, 0.25) is 0 Å². The number of carbonyl (C=O) groups excluding carboxylic acids is 1. The first-order valence-electron chi connectivity index (χ1n) is 6.44. The molecule has 1 amide bonds. The molecule has 2 atom stereocenters. The number of hydrogen-bond donors (Lipinski definition) is 3. The van der Waals surface area contributed by atoms with Crippen LogP contribution < -0.4 is 11.1 Å². The summed E-state index contributed by atoms with van der Waals surface area (Å²) in [6.45, 7) is 0.864. The van der Waals surface area contributed by atoms with Crippen molar-refractivity contribution in [1.29, 1.82) is 0 Å². The summed E-state index contributed by atoms with van der Waals surface area (Å²) < 4.78 is 0. The second-order valence-corrected chi connectivity index (χ2v) is 5.82. The second-order valence-electron chi connectivity index (χ2n) is 4.90. The van der Waals surface area contributed by atoms with Gasteiger partial charge in [-0.15, -0.1) is 11.3 Å². The molecule has 1 aliphatic carbocycles. The van der Waals surface area contributed by atoms with Gasteiger partial charge in [0.1, 0.15) is 4.88 Å². The highest BCUT2D eigenvalue weighted by atomic mass is 32.1. The molecule has 0 bridgehead atoms. The standard InChI is InChI=1S/C13H20N2O2S/c14-11-5-6-18-12(11)13(17)15-7-9-3-1-2-4-10(9)8-16/h5-6,9-10,16H,1-4,7-8,14H2,(H,15,17). The lowest BCUT2D eigenvalue weighted by atomic mass is 9.79. The van der Waals surface area contributed by atoms with E-state index in [1.807, 2.05) is 5.38 Å². The van der Waals surface area contributed by atoms with E-state index in [1.54, 1.807) is 6.07 Å².